The van der Waals surface area contributed by atoms with E-state index in [9.17, 15) is 0 Å². The van der Waals surface area contributed by atoms with Gasteiger partial charge in [0.15, 0.2) is 0 Å². The number of halogens is 1. The van der Waals surface area contributed by atoms with Gasteiger partial charge < -0.3 is 10.1 Å². The fraction of sp³-hybridized carbons (Fsp3) is 0.600. The van der Waals surface area contributed by atoms with E-state index >= 15 is 0 Å². The molecule has 0 aliphatic heterocycles. The molecule has 2 nitrogen and oxygen atoms in total. The Morgan fingerprint density at radius 2 is 2.06 bits per heavy atom. The Kier molecular flexibility index (Phi) is 6.72. The lowest BCUT2D eigenvalue weighted by Crippen LogP contribution is -2.27. The molecule has 0 saturated carbocycles. The molecule has 0 heterocycles. The summed E-state index contributed by atoms with van der Waals surface area (Å²) in [6, 6.07) is 4.84. The van der Waals surface area contributed by atoms with Crippen molar-refractivity contribution in [1.29, 1.82) is 0 Å². The van der Waals surface area contributed by atoms with Crippen LogP contribution in [-0.2, 0) is 0 Å². The first kappa shape index (κ1) is 15.5. The molecule has 102 valence electrons. The summed E-state index contributed by atoms with van der Waals surface area (Å²) in [4.78, 5) is 0. The zero-order chi connectivity index (χ0) is 13.5. The van der Waals surface area contributed by atoms with Crippen molar-refractivity contribution in [1.82, 2.24) is 5.32 Å². The van der Waals surface area contributed by atoms with E-state index in [-0.39, 0.29) is 0 Å². The van der Waals surface area contributed by atoms with Gasteiger partial charge in [0.05, 0.1) is 11.1 Å². The molecule has 0 amide bonds. The Morgan fingerprint density at radius 1 is 1.33 bits per heavy atom. The molecule has 1 atom stereocenters. The van der Waals surface area contributed by atoms with E-state index in [4.69, 9.17) is 4.74 Å². The normalized spacial score (nSPS) is 12.5. The molecule has 0 fully saturated rings. The first-order chi connectivity index (χ1) is 8.54. The predicted octanol–water partition coefficient (Wildman–Crippen LogP) is 4.22. The summed E-state index contributed by atoms with van der Waals surface area (Å²) >= 11 is 3.56. The zero-order valence-corrected chi connectivity index (χ0v) is 13.4. The van der Waals surface area contributed by atoms with Crippen LogP contribution >= 0.6 is 15.9 Å². The molecule has 0 bridgehead atoms. The molecule has 0 spiro atoms. The third-order valence-corrected chi connectivity index (χ3v) is 3.64. The first-order valence-corrected chi connectivity index (χ1v) is 7.46. The highest BCUT2D eigenvalue weighted by Crippen LogP contribution is 2.30. The van der Waals surface area contributed by atoms with E-state index < -0.39 is 0 Å². The molecule has 1 rings (SSSR count). The highest BCUT2D eigenvalue weighted by molar-refractivity contribution is 9.10. The minimum Gasteiger partial charge on any atom is -0.492 e. The smallest absolute Gasteiger partial charge is 0.136 e. The maximum Gasteiger partial charge on any atom is 0.136 e. The van der Waals surface area contributed by atoms with Crippen LogP contribution in [0.1, 0.15) is 37.8 Å². The van der Waals surface area contributed by atoms with Crippen molar-refractivity contribution < 1.29 is 4.74 Å². The van der Waals surface area contributed by atoms with Gasteiger partial charge >= 0.3 is 0 Å². The van der Waals surface area contributed by atoms with Gasteiger partial charge in [0.1, 0.15) is 5.75 Å². The lowest BCUT2D eigenvalue weighted by Gasteiger charge is -2.14. The molecule has 0 saturated heterocycles. The van der Waals surface area contributed by atoms with Crippen LogP contribution in [0.4, 0.5) is 0 Å². The number of hydrogen-bond donors (Lipinski definition) is 1. The maximum atomic E-state index is 5.85. The topological polar surface area (TPSA) is 21.3 Å². The molecule has 0 aliphatic carbocycles. The molecule has 1 N–H and O–H groups in total. The summed E-state index contributed by atoms with van der Waals surface area (Å²) < 4.78 is 6.90. The van der Waals surface area contributed by atoms with E-state index in [2.05, 4.69) is 61.1 Å². The molecule has 0 aliphatic rings. The minimum atomic E-state index is 0.595. The molecule has 3 heteroatoms. The van der Waals surface area contributed by atoms with Crippen LogP contribution in [0.2, 0.25) is 0 Å². The molecule has 0 aromatic heterocycles. The summed E-state index contributed by atoms with van der Waals surface area (Å²) in [7, 11) is 0. The highest BCUT2D eigenvalue weighted by atomic mass is 79.9. The summed E-state index contributed by atoms with van der Waals surface area (Å²) in [5.74, 6) is 0.976. The second-order valence-corrected chi connectivity index (χ2v) is 5.71. The summed E-state index contributed by atoms with van der Waals surface area (Å²) in [6.45, 7) is 10.4. The van der Waals surface area contributed by atoms with Crippen LogP contribution in [-0.4, -0.2) is 19.2 Å². The lowest BCUT2D eigenvalue weighted by molar-refractivity contribution is 0.301. The van der Waals surface area contributed by atoms with Crippen LogP contribution in [0.15, 0.2) is 16.6 Å². The van der Waals surface area contributed by atoms with Crippen molar-refractivity contribution in [3.63, 3.8) is 0 Å². The van der Waals surface area contributed by atoms with Crippen molar-refractivity contribution in [3.8, 4) is 5.75 Å². The van der Waals surface area contributed by atoms with E-state index in [0.717, 1.165) is 29.8 Å². The minimum absolute atomic E-state index is 0.595. The second kappa shape index (κ2) is 7.80. The number of ether oxygens (including phenoxy) is 1. The van der Waals surface area contributed by atoms with Crippen molar-refractivity contribution in [3.05, 3.63) is 27.7 Å². The summed E-state index contributed by atoms with van der Waals surface area (Å²) in [5, 5.41) is 3.47. The molecule has 0 radical (unpaired) electrons. The molecular formula is C15H24BrNO. The van der Waals surface area contributed by atoms with Gasteiger partial charge in [0.2, 0.25) is 0 Å². The van der Waals surface area contributed by atoms with Crippen LogP contribution in [0, 0.1) is 13.8 Å². The number of rotatable bonds is 7. The molecule has 0 unspecified atom stereocenters. The van der Waals surface area contributed by atoms with E-state index in [1.165, 1.54) is 17.5 Å². The largest absolute Gasteiger partial charge is 0.492 e. The van der Waals surface area contributed by atoms with Gasteiger partial charge in [0, 0.05) is 6.04 Å². The summed E-state index contributed by atoms with van der Waals surface area (Å²) in [6.07, 6.45) is 2.20. The quantitative estimate of drug-likeness (QED) is 0.761. The Labute approximate surface area is 119 Å². The van der Waals surface area contributed by atoms with Crippen LogP contribution in [0.5, 0.6) is 5.75 Å². The molecule has 18 heavy (non-hydrogen) atoms. The SMILES string of the molecule is CC[C@H](C)NCCCOc1c(C)cc(C)cc1Br. The number of benzene rings is 1. The fourth-order valence-corrected chi connectivity index (χ4v) is 2.61. The van der Waals surface area contributed by atoms with E-state index in [1.807, 2.05) is 0 Å². The Hall–Kier alpha value is -0.540. The second-order valence-electron chi connectivity index (χ2n) is 4.86. The van der Waals surface area contributed by atoms with Gasteiger partial charge in [-0.05, 0) is 73.3 Å². The third-order valence-electron chi connectivity index (χ3n) is 3.05. The lowest BCUT2D eigenvalue weighted by atomic mass is 10.1. The van der Waals surface area contributed by atoms with Crippen molar-refractivity contribution in [2.75, 3.05) is 13.2 Å². The van der Waals surface area contributed by atoms with Crippen LogP contribution in [0.25, 0.3) is 0 Å². The molecular weight excluding hydrogens is 290 g/mol. The van der Waals surface area contributed by atoms with Gasteiger partial charge in [-0.1, -0.05) is 13.0 Å². The van der Waals surface area contributed by atoms with Crippen molar-refractivity contribution >= 4 is 15.9 Å². The predicted molar refractivity (Wildman–Crippen MR) is 81.5 cm³/mol. The third kappa shape index (κ3) is 4.99. The Bertz CT molecular complexity index is 356. The Balaban J connectivity index is 2.36. The fourth-order valence-electron chi connectivity index (χ4n) is 1.82. The van der Waals surface area contributed by atoms with Gasteiger partial charge in [0.25, 0.3) is 0 Å². The molecule has 1 aromatic carbocycles. The number of nitrogens with one attached hydrogen (secondary N) is 1. The zero-order valence-electron chi connectivity index (χ0n) is 11.8. The van der Waals surface area contributed by atoms with Gasteiger partial charge in [-0.2, -0.15) is 0 Å². The standard InChI is InChI=1S/C15H24BrNO/c1-5-13(4)17-7-6-8-18-15-12(3)9-11(2)10-14(15)16/h9-10,13,17H,5-8H2,1-4H3/t13-/m0/s1. The Morgan fingerprint density at radius 3 is 2.67 bits per heavy atom. The van der Waals surface area contributed by atoms with Gasteiger partial charge in [-0.25, -0.2) is 0 Å². The van der Waals surface area contributed by atoms with Crippen molar-refractivity contribution in [2.24, 2.45) is 0 Å². The first-order valence-electron chi connectivity index (χ1n) is 6.67. The summed E-state index contributed by atoms with van der Waals surface area (Å²) in [5.41, 5.74) is 2.45. The van der Waals surface area contributed by atoms with Gasteiger partial charge in [-0.15, -0.1) is 0 Å². The highest BCUT2D eigenvalue weighted by Gasteiger charge is 2.06. The van der Waals surface area contributed by atoms with Crippen molar-refractivity contribution in [2.45, 2.75) is 46.6 Å². The van der Waals surface area contributed by atoms with Gasteiger partial charge in [-0.3, -0.25) is 0 Å². The van der Waals surface area contributed by atoms with E-state index in [1.54, 1.807) is 0 Å². The van der Waals surface area contributed by atoms with Crippen LogP contribution < -0.4 is 10.1 Å². The average molecular weight is 314 g/mol. The average Bonchev–Trinajstić information content (AvgIpc) is 2.31. The van der Waals surface area contributed by atoms with Crippen LogP contribution in [0.3, 0.4) is 0 Å². The van der Waals surface area contributed by atoms with E-state index in [0.29, 0.717) is 6.04 Å². The maximum absolute atomic E-state index is 5.85. The monoisotopic (exact) mass is 313 g/mol. The molecule has 1 aromatic rings. The number of hydrogen-bond acceptors (Lipinski definition) is 2. The number of aryl methyl sites for hydroxylation is 2.